The van der Waals surface area contributed by atoms with Crippen LogP contribution < -0.4 is 5.32 Å². The minimum absolute atomic E-state index is 0.126. The molecule has 34 heavy (non-hydrogen) atoms. The molecular weight excluding hydrogens is 606 g/mol. The molecule has 0 unspecified atom stereocenters. The van der Waals surface area contributed by atoms with E-state index in [-0.39, 0.29) is 16.6 Å². The van der Waals surface area contributed by atoms with Gasteiger partial charge in [0.1, 0.15) is 0 Å². The number of esters is 1. The molecule has 1 amide bonds. The maximum Gasteiger partial charge on any atom is 0.337 e. The van der Waals surface area contributed by atoms with Crippen LogP contribution in [0, 0.1) is 0 Å². The molecule has 0 atom stereocenters. The predicted octanol–water partition coefficient (Wildman–Crippen LogP) is 6.06. The van der Waals surface area contributed by atoms with Gasteiger partial charge in [-0.25, -0.2) is 13.2 Å². The Labute approximate surface area is 218 Å². The van der Waals surface area contributed by atoms with Crippen molar-refractivity contribution in [2.24, 2.45) is 0 Å². The van der Waals surface area contributed by atoms with Gasteiger partial charge in [0, 0.05) is 13.8 Å². The van der Waals surface area contributed by atoms with Gasteiger partial charge in [-0.3, -0.25) is 4.79 Å². The van der Waals surface area contributed by atoms with Gasteiger partial charge < -0.3 is 10.1 Å². The summed E-state index contributed by atoms with van der Waals surface area (Å²) in [6.45, 7) is 0. The quantitative estimate of drug-likeness (QED) is 0.275. The molecule has 6 nitrogen and oxygen atoms in total. The third kappa shape index (κ3) is 5.30. The lowest BCUT2D eigenvalue weighted by Gasteiger charge is -2.19. The minimum atomic E-state index is -3.66. The van der Waals surface area contributed by atoms with Crippen LogP contribution in [-0.2, 0) is 25.1 Å². The first-order chi connectivity index (χ1) is 16.2. The lowest BCUT2D eigenvalue weighted by atomic mass is 10.1. The summed E-state index contributed by atoms with van der Waals surface area (Å²) in [6, 6.07) is 16.8. The topological polar surface area (TPSA) is 89.5 Å². The number of ether oxygens (including phenoxy) is 1. The highest BCUT2D eigenvalue weighted by Gasteiger charge is 2.25. The number of halogens is 2. The van der Waals surface area contributed by atoms with E-state index in [9.17, 15) is 18.0 Å². The number of hydrogen-bond donors (Lipinski definition) is 1. The van der Waals surface area contributed by atoms with Crippen molar-refractivity contribution in [3.8, 4) is 0 Å². The van der Waals surface area contributed by atoms with Gasteiger partial charge in [-0.2, -0.15) is 0 Å². The summed E-state index contributed by atoms with van der Waals surface area (Å²) < 4.78 is 32.2. The van der Waals surface area contributed by atoms with E-state index in [1.807, 2.05) is 6.07 Å². The summed E-state index contributed by atoms with van der Waals surface area (Å²) in [5, 5.41) is 2.78. The first-order valence-corrected chi connectivity index (χ1v) is 13.9. The summed E-state index contributed by atoms with van der Waals surface area (Å²) in [5.41, 5.74) is 2.23. The Morgan fingerprint density at radius 1 is 1.06 bits per heavy atom. The highest BCUT2D eigenvalue weighted by atomic mass is 79.9. The highest BCUT2D eigenvalue weighted by Crippen LogP contribution is 2.40. The summed E-state index contributed by atoms with van der Waals surface area (Å²) in [4.78, 5) is 25.6. The summed E-state index contributed by atoms with van der Waals surface area (Å²) in [7, 11) is -2.34. The SMILES string of the molecule is COC(=O)c1ccc(C=C2Sc3ccc(S(=O)(=O)Cc4c(Br)cccc4Br)cc3NC2=O)cc1. The maximum atomic E-state index is 13.1. The Morgan fingerprint density at radius 3 is 2.38 bits per heavy atom. The smallest absolute Gasteiger partial charge is 0.337 e. The third-order valence-electron chi connectivity index (χ3n) is 5.03. The number of methoxy groups -OCH3 is 1. The number of sulfone groups is 1. The van der Waals surface area contributed by atoms with Crippen LogP contribution in [0.3, 0.4) is 0 Å². The van der Waals surface area contributed by atoms with E-state index in [0.717, 1.165) is 10.5 Å². The molecular formula is C24H17Br2NO5S2. The standard InChI is InChI=1S/C24H17Br2NO5S2/c1-32-24(29)15-7-5-14(6-8-15)11-22-23(28)27-20-12-16(9-10-21(20)33-22)34(30,31)13-17-18(25)3-2-4-19(17)26/h2-12H,13H2,1H3,(H,27,28). The molecule has 0 saturated carbocycles. The molecule has 3 aromatic carbocycles. The molecule has 0 spiro atoms. The van der Waals surface area contributed by atoms with Crippen molar-refractivity contribution in [3.05, 3.63) is 91.2 Å². The van der Waals surface area contributed by atoms with Gasteiger partial charge >= 0.3 is 5.97 Å². The van der Waals surface area contributed by atoms with Crippen molar-refractivity contribution in [2.45, 2.75) is 15.5 Å². The number of benzene rings is 3. The lowest BCUT2D eigenvalue weighted by Crippen LogP contribution is -2.18. The second kappa shape index (κ2) is 10.1. The largest absolute Gasteiger partial charge is 0.465 e. The molecule has 1 aliphatic rings. The molecule has 0 radical (unpaired) electrons. The number of fused-ring (bicyclic) bond motifs is 1. The van der Waals surface area contributed by atoms with Crippen LogP contribution in [0.25, 0.3) is 6.08 Å². The molecule has 0 fully saturated rings. The van der Waals surface area contributed by atoms with E-state index in [0.29, 0.717) is 30.7 Å². The zero-order chi connectivity index (χ0) is 24.5. The molecule has 1 N–H and O–H groups in total. The lowest BCUT2D eigenvalue weighted by molar-refractivity contribution is -0.112. The summed E-state index contributed by atoms with van der Waals surface area (Å²) in [6.07, 6.45) is 1.71. The van der Waals surface area contributed by atoms with E-state index in [2.05, 4.69) is 37.2 Å². The molecule has 10 heteroatoms. The first kappa shape index (κ1) is 24.7. The Morgan fingerprint density at radius 2 is 1.74 bits per heavy atom. The van der Waals surface area contributed by atoms with E-state index >= 15 is 0 Å². The number of rotatable bonds is 5. The monoisotopic (exact) mass is 621 g/mol. The normalized spacial score (nSPS) is 14.4. The first-order valence-electron chi connectivity index (χ1n) is 9.87. The Hall–Kier alpha value is -2.40. The van der Waals surface area contributed by atoms with E-state index in [1.54, 1.807) is 54.6 Å². The zero-order valence-electron chi connectivity index (χ0n) is 17.7. The van der Waals surface area contributed by atoms with Gasteiger partial charge in [0.2, 0.25) is 0 Å². The fraction of sp³-hybridized carbons (Fsp3) is 0.0833. The molecule has 1 heterocycles. The van der Waals surface area contributed by atoms with E-state index in [4.69, 9.17) is 4.74 Å². The Kier molecular flexibility index (Phi) is 7.32. The van der Waals surface area contributed by atoms with Crippen molar-refractivity contribution in [1.82, 2.24) is 0 Å². The molecule has 0 saturated heterocycles. The van der Waals surface area contributed by atoms with Crippen molar-refractivity contribution < 1.29 is 22.7 Å². The summed E-state index contributed by atoms with van der Waals surface area (Å²) in [5.74, 6) is -0.963. The van der Waals surface area contributed by atoms with Crippen LogP contribution in [0.4, 0.5) is 5.69 Å². The van der Waals surface area contributed by atoms with Gasteiger partial charge in [0.05, 0.1) is 33.9 Å². The average Bonchev–Trinajstić information content (AvgIpc) is 2.81. The van der Waals surface area contributed by atoms with Gasteiger partial charge in [-0.1, -0.05) is 61.8 Å². The van der Waals surface area contributed by atoms with Gasteiger partial charge in [0.15, 0.2) is 9.84 Å². The number of carbonyl (C=O) groups excluding carboxylic acids is 2. The van der Waals surface area contributed by atoms with Crippen LogP contribution in [0.2, 0.25) is 0 Å². The van der Waals surface area contributed by atoms with Crippen molar-refractivity contribution >= 4 is 77.1 Å². The molecule has 0 bridgehead atoms. The second-order valence-corrected chi connectivity index (χ2v) is 12.1. The maximum absolute atomic E-state index is 13.1. The number of thioether (sulfide) groups is 1. The Bertz CT molecular complexity index is 1410. The third-order valence-corrected chi connectivity index (χ3v) is 9.25. The molecule has 1 aliphatic heterocycles. The number of nitrogens with one attached hydrogen (secondary N) is 1. The van der Waals surface area contributed by atoms with Crippen LogP contribution >= 0.6 is 43.6 Å². The number of carbonyl (C=O) groups is 2. The average molecular weight is 623 g/mol. The predicted molar refractivity (Wildman–Crippen MR) is 139 cm³/mol. The second-order valence-electron chi connectivity index (χ2n) is 7.30. The minimum Gasteiger partial charge on any atom is -0.465 e. The van der Waals surface area contributed by atoms with Crippen molar-refractivity contribution in [1.29, 1.82) is 0 Å². The molecule has 174 valence electrons. The fourth-order valence-corrected chi connectivity index (χ4v) is 7.27. The number of hydrogen-bond acceptors (Lipinski definition) is 6. The van der Waals surface area contributed by atoms with Crippen molar-refractivity contribution in [2.75, 3.05) is 12.4 Å². The zero-order valence-corrected chi connectivity index (χ0v) is 22.5. The van der Waals surface area contributed by atoms with E-state index < -0.39 is 15.8 Å². The molecule has 3 aromatic rings. The van der Waals surface area contributed by atoms with Crippen LogP contribution in [0.15, 0.2) is 84.3 Å². The number of amides is 1. The molecule has 4 rings (SSSR count). The van der Waals surface area contributed by atoms with Gasteiger partial charge in [0.25, 0.3) is 5.91 Å². The highest BCUT2D eigenvalue weighted by molar-refractivity contribution is 9.11. The van der Waals surface area contributed by atoms with Crippen LogP contribution in [0.1, 0.15) is 21.5 Å². The molecule has 0 aliphatic carbocycles. The van der Waals surface area contributed by atoms with Gasteiger partial charge in [-0.15, -0.1) is 0 Å². The van der Waals surface area contributed by atoms with E-state index in [1.165, 1.54) is 24.9 Å². The fourth-order valence-electron chi connectivity index (χ4n) is 3.26. The van der Waals surface area contributed by atoms with Crippen LogP contribution in [-0.4, -0.2) is 27.4 Å². The number of anilines is 1. The Balaban J connectivity index is 1.58. The summed E-state index contributed by atoms with van der Waals surface area (Å²) >= 11 is 8.06. The van der Waals surface area contributed by atoms with Crippen LogP contribution in [0.5, 0.6) is 0 Å². The molecule has 0 aromatic heterocycles. The van der Waals surface area contributed by atoms with Gasteiger partial charge in [-0.05, 0) is 59.7 Å². The van der Waals surface area contributed by atoms with Crippen molar-refractivity contribution in [3.63, 3.8) is 0 Å².